The van der Waals surface area contributed by atoms with E-state index >= 15 is 0 Å². The van der Waals surface area contributed by atoms with Crippen LogP contribution in [0.1, 0.15) is 30.0 Å². The van der Waals surface area contributed by atoms with Crippen molar-refractivity contribution in [1.82, 2.24) is 4.90 Å². The molecule has 1 fully saturated rings. The number of aliphatic hydroxyl groups excluding tert-OH is 1. The molecule has 0 amide bonds. The Hall–Kier alpha value is -2.37. The van der Waals surface area contributed by atoms with E-state index < -0.39 is 18.0 Å². The fourth-order valence-corrected chi connectivity index (χ4v) is 3.47. The molecule has 3 rings (SSSR count). The summed E-state index contributed by atoms with van der Waals surface area (Å²) in [7, 11) is 2.94. The molecule has 0 bridgehead atoms. The molecule has 0 radical (unpaired) electrons. The molecule has 138 valence electrons. The van der Waals surface area contributed by atoms with Crippen LogP contribution in [0.5, 0.6) is 5.75 Å². The molecular weight excluding hydrogens is 330 g/mol. The van der Waals surface area contributed by atoms with Crippen molar-refractivity contribution in [3.8, 4) is 5.75 Å². The van der Waals surface area contributed by atoms with Crippen molar-refractivity contribution in [2.45, 2.75) is 31.0 Å². The number of nitrogens with zero attached hydrogens (tertiary/aromatic N) is 1. The van der Waals surface area contributed by atoms with Crippen LogP contribution in [0.2, 0.25) is 0 Å². The fourth-order valence-electron chi connectivity index (χ4n) is 3.47. The number of ether oxygens (including phenoxy) is 2. The van der Waals surface area contributed by atoms with Crippen LogP contribution in [0, 0.1) is 0 Å². The monoisotopic (exact) mass is 355 g/mol. The van der Waals surface area contributed by atoms with Crippen LogP contribution in [0.4, 0.5) is 0 Å². The maximum absolute atomic E-state index is 12.4. The molecule has 1 aliphatic rings. The molecule has 1 N–H and O–H groups in total. The molecule has 1 unspecified atom stereocenters. The molecule has 2 aromatic rings. The first-order chi connectivity index (χ1) is 12.6. The van der Waals surface area contributed by atoms with E-state index in [1.165, 1.54) is 12.7 Å². The number of carbonyl (C=O) groups is 1. The summed E-state index contributed by atoms with van der Waals surface area (Å²) in [5.74, 6) is -0.441. The quantitative estimate of drug-likeness (QED) is 0.611. The highest BCUT2D eigenvalue weighted by atomic mass is 16.5. The summed E-state index contributed by atoms with van der Waals surface area (Å²) >= 11 is 0. The Labute approximate surface area is 154 Å². The standard InChI is InChI=1S/C21H25NO4/c1-14(15-7-5-4-6-8-15)22-13-18(22)20(23)19(21(24)26-3)16-9-11-17(25-2)12-10-16/h4-12,14,18-20,23H,13H2,1-3H3/t14-,18-,19-,20-,22?/m1/s1. The molecule has 1 aliphatic heterocycles. The van der Waals surface area contributed by atoms with Crippen molar-refractivity contribution in [2.75, 3.05) is 20.8 Å². The van der Waals surface area contributed by atoms with Crippen molar-refractivity contribution in [3.05, 3.63) is 65.7 Å². The van der Waals surface area contributed by atoms with Gasteiger partial charge in [-0.3, -0.25) is 9.69 Å². The van der Waals surface area contributed by atoms with Crippen molar-refractivity contribution in [3.63, 3.8) is 0 Å². The van der Waals surface area contributed by atoms with Gasteiger partial charge < -0.3 is 14.6 Å². The molecule has 0 saturated carbocycles. The highest BCUT2D eigenvalue weighted by Gasteiger charge is 2.48. The Balaban J connectivity index is 1.76. The summed E-state index contributed by atoms with van der Waals surface area (Å²) in [6.45, 7) is 2.86. The summed E-state index contributed by atoms with van der Waals surface area (Å²) in [6.07, 6.45) is -0.831. The molecular formula is C21H25NO4. The minimum atomic E-state index is -0.831. The molecule has 0 aromatic heterocycles. The maximum Gasteiger partial charge on any atom is 0.315 e. The second kappa shape index (κ2) is 7.89. The zero-order chi connectivity index (χ0) is 18.7. The number of esters is 1. The summed E-state index contributed by atoms with van der Waals surface area (Å²) in [5.41, 5.74) is 1.92. The van der Waals surface area contributed by atoms with Crippen LogP contribution < -0.4 is 4.74 Å². The summed E-state index contributed by atoms with van der Waals surface area (Å²) in [6, 6.07) is 17.5. The van der Waals surface area contributed by atoms with Gasteiger partial charge in [-0.2, -0.15) is 0 Å². The van der Waals surface area contributed by atoms with E-state index in [4.69, 9.17) is 9.47 Å². The Kier molecular flexibility index (Phi) is 5.59. The third-order valence-electron chi connectivity index (χ3n) is 5.14. The number of hydrogen-bond donors (Lipinski definition) is 1. The van der Waals surface area contributed by atoms with Crippen molar-refractivity contribution < 1.29 is 19.4 Å². The first kappa shape index (κ1) is 18.4. The van der Waals surface area contributed by atoms with Gasteiger partial charge in [0.2, 0.25) is 0 Å². The number of hydrogen-bond acceptors (Lipinski definition) is 5. The zero-order valence-electron chi connectivity index (χ0n) is 15.3. The summed E-state index contributed by atoms with van der Waals surface area (Å²) in [4.78, 5) is 14.5. The van der Waals surface area contributed by atoms with Crippen molar-refractivity contribution >= 4 is 5.97 Å². The topological polar surface area (TPSA) is 58.8 Å². The Morgan fingerprint density at radius 3 is 2.31 bits per heavy atom. The van der Waals surface area contributed by atoms with Gasteiger partial charge in [0.15, 0.2) is 0 Å². The minimum absolute atomic E-state index is 0.0728. The van der Waals surface area contributed by atoms with E-state index in [1.54, 1.807) is 31.4 Å². The van der Waals surface area contributed by atoms with Gasteiger partial charge in [0.25, 0.3) is 0 Å². The Morgan fingerprint density at radius 1 is 1.08 bits per heavy atom. The molecule has 26 heavy (non-hydrogen) atoms. The van der Waals surface area contributed by atoms with Gasteiger partial charge in [0.1, 0.15) is 11.7 Å². The van der Waals surface area contributed by atoms with Crippen LogP contribution in [0.3, 0.4) is 0 Å². The molecule has 1 heterocycles. The molecule has 5 atom stereocenters. The zero-order valence-corrected chi connectivity index (χ0v) is 15.3. The second-order valence-corrected chi connectivity index (χ2v) is 6.62. The van der Waals surface area contributed by atoms with Gasteiger partial charge in [-0.05, 0) is 30.2 Å². The fraction of sp³-hybridized carbons (Fsp3) is 0.381. The van der Waals surface area contributed by atoms with E-state index in [1.807, 2.05) is 18.2 Å². The molecule has 5 nitrogen and oxygen atoms in total. The lowest BCUT2D eigenvalue weighted by Gasteiger charge is -2.23. The average molecular weight is 355 g/mol. The van der Waals surface area contributed by atoms with Crippen molar-refractivity contribution in [1.29, 1.82) is 0 Å². The van der Waals surface area contributed by atoms with E-state index in [0.717, 1.165) is 12.1 Å². The summed E-state index contributed by atoms with van der Waals surface area (Å²) in [5, 5.41) is 10.9. The molecule has 0 aliphatic carbocycles. The largest absolute Gasteiger partial charge is 0.497 e. The van der Waals surface area contributed by atoms with Crippen LogP contribution in [-0.2, 0) is 9.53 Å². The van der Waals surface area contributed by atoms with Gasteiger partial charge in [0.05, 0.1) is 26.4 Å². The predicted octanol–water partition coefficient (Wildman–Crippen LogP) is 2.76. The highest BCUT2D eigenvalue weighted by Crippen LogP contribution is 2.38. The van der Waals surface area contributed by atoms with Gasteiger partial charge in [0, 0.05) is 12.6 Å². The number of carbonyl (C=O) groups excluding carboxylic acids is 1. The first-order valence-corrected chi connectivity index (χ1v) is 8.77. The smallest absolute Gasteiger partial charge is 0.315 e. The molecule has 2 aromatic carbocycles. The summed E-state index contributed by atoms with van der Waals surface area (Å²) < 4.78 is 10.1. The minimum Gasteiger partial charge on any atom is -0.497 e. The second-order valence-electron chi connectivity index (χ2n) is 6.62. The molecule has 5 heteroatoms. The number of benzene rings is 2. The lowest BCUT2D eigenvalue weighted by atomic mass is 9.91. The third-order valence-corrected chi connectivity index (χ3v) is 5.14. The lowest BCUT2D eigenvalue weighted by molar-refractivity contribution is -0.145. The number of methoxy groups -OCH3 is 2. The van der Waals surface area contributed by atoms with E-state index in [-0.39, 0.29) is 12.1 Å². The molecule has 0 spiro atoms. The van der Waals surface area contributed by atoms with E-state index in [2.05, 4.69) is 24.0 Å². The van der Waals surface area contributed by atoms with Gasteiger partial charge >= 0.3 is 5.97 Å². The van der Waals surface area contributed by atoms with Crippen LogP contribution >= 0.6 is 0 Å². The van der Waals surface area contributed by atoms with Crippen LogP contribution in [-0.4, -0.2) is 48.9 Å². The third kappa shape index (κ3) is 3.74. The first-order valence-electron chi connectivity index (χ1n) is 8.77. The molecule has 1 saturated heterocycles. The Bertz CT molecular complexity index is 731. The Morgan fingerprint density at radius 2 is 1.73 bits per heavy atom. The average Bonchev–Trinajstić information content (AvgIpc) is 3.49. The van der Waals surface area contributed by atoms with E-state index in [9.17, 15) is 9.90 Å². The number of rotatable bonds is 7. The van der Waals surface area contributed by atoms with Gasteiger partial charge in [-0.15, -0.1) is 0 Å². The van der Waals surface area contributed by atoms with Crippen LogP contribution in [0.25, 0.3) is 0 Å². The van der Waals surface area contributed by atoms with Gasteiger partial charge in [-0.25, -0.2) is 0 Å². The normalized spacial score (nSPS) is 22.2. The SMILES string of the molecule is COC(=O)[C@H](c1ccc(OC)cc1)[C@H](O)[C@H]1CN1[C@H](C)c1ccccc1. The van der Waals surface area contributed by atoms with E-state index in [0.29, 0.717) is 5.75 Å². The number of aliphatic hydroxyl groups is 1. The highest BCUT2D eigenvalue weighted by molar-refractivity contribution is 5.79. The maximum atomic E-state index is 12.4. The van der Waals surface area contributed by atoms with Gasteiger partial charge in [-0.1, -0.05) is 42.5 Å². The van der Waals surface area contributed by atoms with Crippen LogP contribution in [0.15, 0.2) is 54.6 Å². The lowest BCUT2D eigenvalue weighted by Crippen LogP contribution is -2.33. The van der Waals surface area contributed by atoms with Crippen molar-refractivity contribution in [2.24, 2.45) is 0 Å². The predicted molar refractivity (Wildman–Crippen MR) is 99.1 cm³/mol.